The van der Waals surface area contributed by atoms with Crippen LogP contribution in [0.15, 0.2) is 42.5 Å². The minimum atomic E-state index is -0.625. The fourth-order valence-corrected chi connectivity index (χ4v) is 4.81. The summed E-state index contributed by atoms with van der Waals surface area (Å²) in [5.74, 6) is -0.536. The van der Waals surface area contributed by atoms with Gasteiger partial charge in [-0.3, -0.25) is 9.59 Å². The Bertz CT molecular complexity index is 1250. The van der Waals surface area contributed by atoms with Crippen molar-refractivity contribution in [1.82, 2.24) is 5.32 Å². The number of benzene rings is 2. The maximum atomic E-state index is 13.2. The Balaban J connectivity index is 1.88. The molecule has 0 aliphatic heterocycles. The molecule has 1 heterocycles. The summed E-state index contributed by atoms with van der Waals surface area (Å²) in [5, 5.41) is 5.85. The second-order valence-electron chi connectivity index (χ2n) is 7.84. The Hall–Kier alpha value is -4.05. The highest BCUT2D eigenvalue weighted by Gasteiger charge is 2.27. The second-order valence-corrected chi connectivity index (χ2v) is 8.86. The van der Waals surface area contributed by atoms with Crippen molar-refractivity contribution in [3.05, 3.63) is 69.6 Å². The van der Waals surface area contributed by atoms with Crippen LogP contribution in [0.25, 0.3) is 0 Å². The summed E-state index contributed by atoms with van der Waals surface area (Å²) in [6.45, 7) is 3.91. The summed E-state index contributed by atoms with van der Waals surface area (Å²) >= 11 is 1.01. The van der Waals surface area contributed by atoms with Crippen LogP contribution in [0.5, 0.6) is 17.2 Å². The third-order valence-electron chi connectivity index (χ3n) is 5.53. The zero-order chi connectivity index (χ0) is 26.9. The van der Waals surface area contributed by atoms with Crippen LogP contribution in [0.2, 0.25) is 0 Å². The van der Waals surface area contributed by atoms with Gasteiger partial charge in [-0.25, -0.2) is 4.79 Å². The molecule has 10 heteroatoms. The van der Waals surface area contributed by atoms with E-state index in [-0.39, 0.29) is 28.6 Å². The number of hydrogen-bond donors (Lipinski definition) is 2. The van der Waals surface area contributed by atoms with Gasteiger partial charge in [0.2, 0.25) is 5.75 Å². The van der Waals surface area contributed by atoms with Gasteiger partial charge in [0, 0.05) is 12.1 Å². The Morgan fingerprint density at radius 3 is 2.14 bits per heavy atom. The maximum Gasteiger partial charge on any atom is 0.341 e. The lowest BCUT2D eigenvalue weighted by atomic mass is 10.1. The molecule has 1 aromatic heterocycles. The molecular formula is C27H30N2O7S. The highest BCUT2D eigenvalue weighted by molar-refractivity contribution is 7.18. The number of hydrogen-bond acceptors (Lipinski definition) is 8. The average molecular weight is 527 g/mol. The normalized spacial score (nSPS) is 10.4. The number of thiophene rings is 1. The molecule has 2 amide bonds. The predicted molar refractivity (Wildman–Crippen MR) is 142 cm³/mol. The van der Waals surface area contributed by atoms with Crippen molar-refractivity contribution in [2.45, 2.75) is 20.3 Å². The molecule has 0 bridgehead atoms. The summed E-state index contributed by atoms with van der Waals surface area (Å²) in [4.78, 5) is 39.3. The number of amides is 2. The Labute approximate surface area is 219 Å². The molecule has 0 unspecified atom stereocenters. The quantitative estimate of drug-likeness (QED) is 0.354. The molecule has 0 fully saturated rings. The van der Waals surface area contributed by atoms with Gasteiger partial charge in [-0.2, -0.15) is 0 Å². The lowest BCUT2D eigenvalue weighted by Crippen LogP contribution is -2.25. The largest absolute Gasteiger partial charge is 0.493 e. The van der Waals surface area contributed by atoms with E-state index < -0.39 is 11.9 Å². The molecular weight excluding hydrogens is 496 g/mol. The standard InChI is InChI=1S/C27H30N2O7S/c1-6-36-27(32)21-16(2)23(25(31)28-13-12-17-10-8-7-9-11-17)37-26(21)29-24(30)18-14-19(33-3)22(35-5)20(15-18)34-4/h7-11,14-15H,6,12-13H2,1-5H3,(H,28,31)(H,29,30). The third-order valence-corrected chi connectivity index (χ3v) is 6.73. The van der Waals surface area contributed by atoms with Crippen molar-refractivity contribution < 1.29 is 33.3 Å². The number of anilines is 1. The molecule has 3 aromatic rings. The van der Waals surface area contributed by atoms with E-state index in [2.05, 4.69) is 10.6 Å². The monoisotopic (exact) mass is 526 g/mol. The topological polar surface area (TPSA) is 112 Å². The molecule has 0 saturated heterocycles. The van der Waals surface area contributed by atoms with E-state index >= 15 is 0 Å². The molecule has 0 spiro atoms. The molecule has 196 valence electrons. The molecule has 0 atom stereocenters. The van der Waals surface area contributed by atoms with Crippen LogP contribution in [-0.2, 0) is 11.2 Å². The van der Waals surface area contributed by atoms with E-state index in [9.17, 15) is 14.4 Å². The zero-order valence-electron chi connectivity index (χ0n) is 21.4. The number of rotatable bonds is 11. The number of nitrogens with one attached hydrogen (secondary N) is 2. The molecule has 0 radical (unpaired) electrons. The van der Waals surface area contributed by atoms with Gasteiger partial charge in [-0.1, -0.05) is 30.3 Å². The fourth-order valence-electron chi connectivity index (χ4n) is 3.70. The molecule has 0 saturated carbocycles. The molecule has 9 nitrogen and oxygen atoms in total. The SMILES string of the molecule is CCOC(=O)c1c(NC(=O)c2cc(OC)c(OC)c(OC)c2)sc(C(=O)NCCc2ccccc2)c1C. The van der Waals surface area contributed by atoms with E-state index in [0.29, 0.717) is 40.7 Å². The summed E-state index contributed by atoms with van der Waals surface area (Å²) in [6.07, 6.45) is 0.659. The first kappa shape index (κ1) is 27.5. The highest BCUT2D eigenvalue weighted by Crippen LogP contribution is 2.39. The summed E-state index contributed by atoms with van der Waals surface area (Å²) in [7, 11) is 4.36. The van der Waals surface area contributed by atoms with Crippen molar-refractivity contribution >= 4 is 34.1 Å². The first-order valence-electron chi connectivity index (χ1n) is 11.6. The van der Waals surface area contributed by atoms with Crippen LogP contribution in [0.1, 0.15) is 48.4 Å². The van der Waals surface area contributed by atoms with Crippen LogP contribution in [-0.4, -0.2) is 52.3 Å². The maximum absolute atomic E-state index is 13.2. The molecule has 0 aliphatic rings. The molecule has 0 aliphatic carbocycles. The van der Waals surface area contributed by atoms with Crippen LogP contribution in [0.4, 0.5) is 5.00 Å². The molecule has 2 N–H and O–H groups in total. The Kier molecular flexibility index (Phi) is 9.51. The lowest BCUT2D eigenvalue weighted by Gasteiger charge is -2.14. The van der Waals surface area contributed by atoms with Crippen LogP contribution >= 0.6 is 11.3 Å². The number of carbonyl (C=O) groups is 3. The van der Waals surface area contributed by atoms with Crippen LogP contribution < -0.4 is 24.8 Å². The van der Waals surface area contributed by atoms with Crippen LogP contribution in [0, 0.1) is 6.92 Å². The summed E-state index contributed by atoms with van der Waals surface area (Å²) < 4.78 is 21.2. The fraction of sp³-hybridized carbons (Fsp3) is 0.296. The Morgan fingerprint density at radius 2 is 1.57 bits per heavy atom. The van der Waals surface area contributed by atoms with Gasteiger partial charge in [0.1, 0.15) is 5.00 Å². The van der Waals surface area contributed by atoms with Crippen molar-refractivity contribution in [3.63, 3.8) is 0 Å². The smallest absolute Gasteiger partial charge is 0.341 e. The number of carbonyl (C=O) groups excluding carboxylic acids is 3. The van der Waals surface area contributed by atoms with E-state index in [1.54, 1.807) is 13.8 Å². The van der Waals surface area contributed by atoms with Crippen molar-refractivity contribution in [2.24, 2.45) is 0 Å². The number of methoxy groups -OCH3 is 3. The minimum Gasteiger partial charge on any atom is -0.493 e. The third kappa shape index (κ3) is 6.39. The zero-order valence-corrected chi connectivity index (χ0v) is 22.2. The molecule has 37 heavy (non-hydrogen) atoms. The molecule has 3 rings (SSSR count). The van der Waals surface area contributed by atoms with E-state index in [0.717, 1.165) is 16.9 Å². The predicted octanol–water partition coefficient (Wildman–Crippen LogP) is 4.48. The second kappa shape index (κ2) is 12.8. The van der Waals surface area contributed by atoms with Gasteiger partial charge in [0.15, 0.2) is 11.5 Å². The van der Waals surface area contributed by atoms with Crippen molar-refractivity contribution in [1.29, 1.82) is 0 Å². The van der Waals surface area contributed by atoms with Gasteiger partial charge in [-0.15, -0.1) is 11.3 Å². The van der Waals surface area contributed by atoms with E-state index in [1.165, 1.54) is 33.5 Å². The lowest BCUT2D eigenvalue weighted by molar-refractivity contribution is 0.0527. The minimum absolute atomic E-state index is 0.140. The van der Waals surface area contributed by atoms with Gasteiger partial charge >= 0.3 is 5.97 Å². The van der Waals surface area contributed by atoms with Crippen molar-refractivity contribution in [3.8, 4) is 17.2 Å². The van der Waals surface area contributed by atoms with E-state index in [4.69, 9.17) is 18.9 Å². The average Bonchev–Trinajstić information content (AvgIpc) is 3.23. The summed E-state index contributed by atoms with van der Waals surface area (Å²) in [5.41, 5.74) is 1.88. The Morgan fingerprint density at radius 1 is 0.919 bits per heavy atom. The van der Waals surface area contributed by atoms with Crippen molar-refractivity contribution in [2.75, 3.05) is 39.8 Å². The van der Waals surface area contributed by atoms with E-state index in [1.807, 2.05) is 30.3 Å². The van der Waals surface area contributed by atoms with Gasteiger partial charge in [-0.05, 0) is 43.5 Å². The first-order chi connectivity index (χ1) is 17.8. The first-order valence-corrected chi connectivity index (χ1v) is 12.4. The highest BCUT2D eigenvalue weighted by atomic mass is 32.1. The van der Waals surface area contributed by atoms with Gasteiger partial charge < -0.3 is 29.6 Å². The summed E-state index contributed by atoms with van der Waals surface area (Å²) in [6, 6.07) is 12.8. The van der Waals surface area contributed by atoms with Gasteiger partial charge in [0.05, 0.1) is 38.4 Å². The molecule has 2 aromatic carbocycles. The number of ether oxygens (including phenoxy) is 4. The van der Waals surface area contributed by atoms with Crippen LogP contribution in [0.3, 0.4) is 0 Å². The van der Waals surface area contributed by atoms with Gasteiger partial charge in [0.25, 0.3) is 11.8 Å². The number of esters is 1.